The van der Waals surface area contributed by atoms with Crippen molar-refractivity contribution in [3.05, 3.63) is 131 Å². The van der Waals surface area contributed by atoms with Crippen molar-refractivity contribution in [2.45, 2.75) is 56.9 Å². The maximum Gasteiger partial charge on any atom is 0.255 e. The Labute approximate surface area is 364 Å². The number of aromatic nitrogens is 2. The van der Waals surface area contributed by atoms with Gasteiger partial charge in [-0.1, -0.05) is 35.9 Å². The first-order chi connectivity index (χ1) is 30.1. The summed E-state index contributed by atoms with van der Waals surface area (Å²) >= 11 is 6.15. The monoisotopic (exact) mass is 857 g/mol. The van der Waals surface area contributed by atoms with Crippen LogP contribution in [0.25, 0.3) is 0 Å². The first-order valence-electron chi connectivity index (χ1n) is 21.2. The number of nitrogens with one attached hydrogen (secondary N) is 5. The van der Waals surface area contributed by atoms with Gasteiger partial charge in [-0.3, -0.25) is 29.4 Å². The van der Waals surface area contributed by atoms with Crippen LogP contribution in [0.1, 0.15) is 77.1 Å². The number of piperazine rings is 1. The zero-order chi connectivity index (χ0) is 43.0. The summed E-state index contributed by atoms with van der Waals surface area (Å²) in [6.45, 7) is 5.01. The predicted molar refractivity (Wildman–Crippen MR) is 239 cm³/mol. The Kier molecular flexibility index (Phi) is 13.3. The lowest BCUT2D eigenvalue weighted by Crippen LogP contribution is -2.47. The average Bonchev–Trinajstić information content (AvgIpc) is 3.29. The fourth-order valence-electron chi connectivity index (χ4n) is 8.34. The zero-order valence-electron chi connectivity index (χ0n) is 34.2. The van der Waals surface area contributed by atoms with Crippen molar-refractivity contribution in [3.8, 4) is 0 Å². The van der Waals surface area contributed by atoms with E-state index in [-0.39, 0.29) is 47.4 Å². The van der Waals surface area contributed by atoms with Crippen LogP contribution in [0.2, 0.25) is 5.02 Å². The molecule has 0 bridgehead atoms. The Balaban J connectivity index is 0.739. The van der Waals surface area contributed by atoms with Gasteiger partial charge in [-0.15, -0.1) is 0 Å². The molecule has 3 aliphatic rings. The Bertz CT molecular complexity index is 2380. The van der Waals surface area contributed by atoms with E-state index in [9.17, 15) is 23.6 Å². The molecule has 2 aliphatic heterocycles. The van der Waals surface area contributed by atoms with Crippen molar-refractivity contribution in [1.82, 2.24) is 25.5 Å². The number of imide groups is 1. The van der Waals surface area contributed by atoms with E-state index in [1.807, 2.05) is 12.1 Å². The molecule has 3 heterocycles. The molecule has 1 atom stereocenters. The largest absolute Gasteiger partial charge is 0.369 e. The number of piperidine rings is 1. The quantitative estimate of drug-likeness (QED) is 0.0734. The molecule has 8 rings (SSSR count). The van der Waals surface area contributed by atoms with Gasteiger partial charge in [0.1, 0.15) is 0 Å². The van der Waals surface area contributed by atoms with Crippen molar-refractivity contribution < 1.29 is 23.6 Å². The predicted octanol–water partition coefficient (Wildman–Crippen LogP) is 8.03. The topological polar surface area (TPSA) is 161 Å². The Morgan fingerprint density at radius 1 is 0.774 bits per heavy atom. The summed E-state index contributed by atoms with van der Waals surface area (Å²) in [5.74, 6) is -0.986. The molecule has 62 heavy (non-hydrogen) atoms. The number of nitrogens with zero attached hydrogens (tertiary/aromatic N) is 4. The van der Waals surface area contributed by atoms with E-state index >= 15 is 0 Å². The lowest BCUT2D eigenvalue weighted by Gasteiger charge is -2.37. The van der Waals surface area contributed by atoms with Gasteiger partial charge in [-0.2, -0.15) is 4.98 Å². The Morgan fingerprint density at radius 2 is 1.44 bits per heavy atom. The van der Waals surface area contributed by atoms with Crippen LogP contribution in [0.15, 0.2) is 103 Å². The second kappa shape index (κ2) is 19.6. The molecule has 13 nitrogen and oxygen atoms in total. The second-order valence-corrected chi connectivity index (χ2v) is 16.5. The minimum atomic E-state index is -0.651. The molecular weight excluding hydrogens is 809 g/mol. The van der Waals surface area contributed by atoms with E-state index in [0.29, 0.717) is 52.0 Å². The summed E-state index contributed by atoms with van der Waals surface area (Å²) in [6.07, 6.45) is 7.27. The highest BCUT2D eigenvalue weighted by molar-refractivity contribution is 6.33. The van der Waals surface area contributed by atoms with Crippen molar-refractivity contribution in [2.24, 2.45) is 5.92 Å². The van der Waals surface area contributed by atoms with Gasteiger partial charge in [0, 0.05) is 66.8 Å². The SMILES string of the molecule is O=C1CCC(c2ccc(N3CCN(CCC4CCC(NC(=O)c5ccc(Nc6ncc(F)c(Nc7ccc(C(=O)Nc8ccccc8Cl)cc7)n6)cc5)CC4)CC3)cc2)C(=O)N1. The molecule has 1 aromatic heterocycles. The minimum absolute atomic E-state index is 0.0473. The van der Waals surface area contributed by atoms with E-state index < -0.39 is 5.82 Å². The van der Waals surface area contributed by atoms with E-state index in [4.69, 9.17) is 11.6 Å². The highest BCUT2D eigenvalue weighted by atomic mass is 35.5. The first-order valence-corrected chi connectivity index (χ1v) is 21.6. The molecule has 4 aromatic carbocycles. The summed E-state index contributed by atoms with van der Waals surface area (Å²) < 4.78 is 14.7. The molecule has 0 spiro atoms. The molecule has 2 saturated heterocycles. The van der Waals surface area contributed by atoms with Crippen LogP contribution in [-0.4, -0.2) is 77.3 Å². The molecule has 5 N–H and O–H groups in total. The maximum atomic E-state index is 14.7. The molecule has 320 valence electrons. The smallest absolute Gasteiger partial charge is 0.255 e. The summed E-state index contributed by atoms with van der Waals surface area (Å²) in [5, 5.41) is 14.9. The van der Waals surface area contributed by atoms with Crippen LogP contribution in [-0.2, 0) is 9.59 Å². The van der Waals surface area contributed by atoms with E-state index in [0.717, 1.165) is 82.3 Å². The highest BCUT2D eigenvalue weighted by Crippen LogP contribution is 2.30. The van der Waals surface area contributed by atoms with Crippen LogP contribution in [0.5, 0.6) is 0 Å². The van der Waals surface area contributed by atoms with Crippen molar-refractivity contribution in [1.29, 1.82) is 0 Å². The van der Waals surface area contributed by atoms with Crippen LogP contribution >= 0.6 is 11.6 Å². The van der Waals surface area contributed by atoms with E-state index in [1.165, 1.54) is 0 Å². The minimum Gasteiger partial charge on any atom is -0.369 e. The normalized spacial score (nSPS) is 19.3. The molecule has 1 unspecified atom stereocenters. The Hall–Kier alpha value is -6.38. The van der Waals surface area contributed by atoms with Crippen molar-refractivity contribution in [3.63, 3.8) is 0 Å². The van der Waals surface area contributed by atoms with Crippen LogP contribution in [0, 0.1) is 11.7 Å². The average molecular weight is 858 g/mol. The zero-order valence-corrected chi connectivity index (χ0v) is 35.0. The summed E-state index contributed by atoms with van der Waals surface area (Å²) in [6, 6.07) is 28.9. The summed E-state index contributed by atoms with van der Waals surface area (Å²) in [5.41, 5.74) is 4.73. The van der Waals surface area contributed by atoms with Gasteiger partial charge in [0.2, 0.25) is 17.8 Å². The van der Waals surface area contributed by atoms with Gasteiger partial charge in [-0.25, -0.2) is 9.37 Å². The third kappa shape index (κ3) is 10.7. The number of amides is 4. The van der Waals surface area contributed by atoms with E-state index in [1.54, 1.807) is 72.8 Å². The van der Waals surface area contributed by atoms with Gasteiger partial charge in [0.25, 0.3) is 11.8 Å². The number of carbonyl (C=O) groups excluding carboxylic acids is 4. The second-order valence-electron chi connectivity index (χ2n) is 16.1. The molecule has 3 fully saturated rings. The summed E-state index contributed by atoms with van der Waals surface area (Å²) in [7, 11) is 0. The standard InChI is InChI=1S/C47H49ClFN9O4/c48-39-3-1-2-4-41(39)54-45(61)33-7-15-34(16-8-33)51-43-40(49)29-50-47(56-43)53-36-17-9-32(10-18-36)44(60)52-35-13-5-30(6-14-35)23-24-57-25-27-58(28-26-57)37-19-11-31(12-20-37)38-21-22-42(59)55-46(38)62/h1-4,7-12,15-20,29-30,35,38H,5-6,13-14,21-28H2,(H,52,60)(H,54,61)(H,55,59,62)(H2,50,51,53,56). The van der Waals surface area contributed by atoms with E-state index in [2.05, 4.69) is 58.5 Å². The third-order valence-corrected chi connectivity index (χ3v) is 12.3. The lowest BCUT2D eigenvalue weighted by molar-refractivity contribution is -0.134. The fraction of sp³-hybridized carbons (Fsp3) is 0.319. The van der Waals surface area contributed by atoms with Gasteiger partial charge in [0.15, 0.2) is 11.6 Å². The van der Waals surface area contributed by atoms with Crippen LogP contribution < -0.4 is 31.5 Å². The number of hydrogen-bond donors (Lipinski definition) is 5. The van der Waals surface area contributed by atoms with Crippen molar-refractivity contribution in [2.75, 3.05) is 53.6 Å². The van der Waals surface area contributed by atoms with Gasteiger partial charge in [-0.05, 0) is 129 Å². The molecule has 4 amide bonds. The number of anilines is 6. The van der Waals surface area contributed by atoms with Gasteiger partial charge < -0.3 is 26.2 Å². The molecule has 1 aliphatic carbocycles. The summed E-state index contributed by atoms with van der Waals surface area (Å²) in [4.78, 5) is 63.0. The molecular formula is C47H49ClFN9O4. The van der Waals surface area contributed by atoms with Crippen LogP contribution in [0.4, 0.5) is 38.9 Å². The van der Waals surface area contributed by atoms with Gasteiger partial charge in [0.05, 0.1) is 22.8 Å². The highest BCUT2D eigenvalue weighted by Gasteiger charge is 2.29. The van der Waals surface area contributed by atoms with Crippen molar-refractivity contribution >= 4 is 69.7 Å². The lowest BCUT2D eigenvalue weighted by atomic mass is 9.84. The molecule has 0 radical (unpaired) electrons. The Morgan fingerprint density at radius 3 is 2.11 bits per heavy atom. The number of carbonyl (C=O) groups is 4. The first kappa shape index (κ1) is 42.3. The maximum absolute atomic E-state index is 14.7. The molecule has 1 saturated carbocycles. The number of hydrogen-bond acceptors (Lipinski definition) is 10. The third-order valence-electron chi connectivity index (χ3n) is 12.0. The number of halogens is 2. The number of para-hydroxylation sites is 1. The number of rotatable bonds is 13. The fourth-order valence-corrected chi connectivity index (χ4v) is 8.52. The van der Waals surface area contributed by atoms with Gasteiger partial charge >= 0.3 is 0 Å². The molecule has 15 heteroatoms. The number of benzene rings is 4. The molecule has 5 aromatic rings. The van der Waals surface area contributed by atoms with Crippen LogP contribution in [0.3, 0.4) is 0 Å².